The highest BCUT2D eigenvalue weighted by Gasteiger charge is 2.65. The number of nitrogens with zero attached hydrogens (tertiary/aromatic N) is 1. The third-order valence-electron chi connectivity index (χ3n) is 4.13. The molecule has 20 heteroatoms. The van der Waals surface area contributed by atoms with E-state index in [1.54, 1.807) is 0 Å². The normalized spacial score (nSPS) is 32.6. The first-order chi connectivity index (χ1) is 13.6. The van der Waals surface area contributed by atoms with Crippen LogP contribution in [0, 0.1) is 0 Å². The zero-order valence-electron chi connectivity index (χ0n) is 14.5. The summed E-state index contributed by atoms with van der Waals surface area (Å²) in [4.78, 5) is 60.8. The highest BCUT2D eigenvalue weighted by Crippen LogP contribution is 2.66. The number of nitrogens with one attached hydrogen (secondary N) is 2. The average Bonchev–Trinajstić information content (AvgIpc) is 3.28. The molecule has 170 valence electrons. The van der Waals surface area contributed by atoms with Crippen LogP contribution in [0.15, 0.2) is 21.9 Å². The monoisotopic (exact) mass is 495 g/mol. The lowest BCUT2D eigenvalue weighted by Gasteiger charge is -2.19. The van der Waals surface area contributed by atoms with E-state index >= 15 is 0 Å². The standard InChI is InChI=1S/C10H16N3O14P3/c14-6-1-2-13(9(16)12-6)8-10(4-11-10)7(15)5(25-8)3-24-29(20,21)27-30(22,23)26-28(17,18)19/h1-2,5,7-8,11,15H,3-4H2,(H,20,21)(H,22,23)(H,12,14,16)(H2,17,18,19)/t5-,7?,8?,10+/m1/s1. The van der Waals surface area contributed by atoms with Crippen molar-refractivity contribution in [1.82, 2.24) is 14.9 Å². The number of hydrogen-bond acceptors (Lipinski definition) is 11. The Balaban J connectivity index is 1.70. The van der Waals surface area contributed by atoms with Gasteiger partial charge in [-0.15, -0.1) is 0 Å². The van der Waals surface area contributed by atoms with Crippen LogP contribution in [0.1, 0.15) is 6.23 Å². The molecular weight excluding hydrogens is 479 g/mol. The molecule has 2 aliphatic heterocycles. The summed E-state index contributed by atoms with van der Waals surface area (Å²) < 4.78 is 51.8. The largest absolute Gasteiger partial charge is 0.490 e. The van der Waals surface area contributed by atoms with Gasteiger partial charge in [0.05, 0.1) is 6.61 Å². The van der Waals surface area contributed by atoms with Gasteiger partial charge in [0.25, 0.3) is 5.56 Å². The molecule has 4 unspecified atom stereocenters. The van der Waals surface area contributed by atoms with Crippen LogP contribution in [-0.2, 0) is 31.6 Å². The fraction of sp³-hybridized carbons (Fsp3) is 0.600. The molecule has 0 aliphatic carbocycles. The lowest BCUT2D eigenvalue weighted by molar-refractivity contribution is -0.0461. The summed E-state index contributed by atoms with van der Waals surface area (Å²) in [6.07, 6.45) is -2.78. The Labute approximate surface area is 165 Å². The Hall–Kier alpha value is -1.03. The molecule has 17 nitrogen and oxygen atoms in total. The van der Waals surface area contributed by atoms with Gasteiger partial charge in [0.1, 0.15) is 17.7 Å². The van der Waals surface area contributed by atoms with Gasteiger partial charge in [0, 0.05) is 18.8 Å². The van der Waals surface area contributed by atoms with E-state index in [1.165, 1.54) is 0 Å². The summed E-state index contributed by atoms with van der Waals surface area (Å²) in [5.74, 6) is 0. The topological polar surface area (TPSA) is 266 Å². The van der Waals surface area contributed by atoms with Gasteiger partial charge in [-0.2, -0.15) is 8.62 Å². The third kappa shape index (κ3) is 5.23. The van der Waals surface area contributed by atoms with E-state index < -0.39 is 65.3 Å². The van der Waals surface area contributed by atoms with Crippen LogP contribution in [0.2, 0.25) is 0 Å². The van der Waals surface area contributed by atoms with Crippen LogP contribution in [0.5, 0.6) is 0 Å². The smallest absolute Gasteiger partial charge is 0.388 e. The highest BCUT2D eigenvalue weighted by atomic mass is 31.3. The molecule has 0 aromatic carbocycles. The number of phosphoric ester groups is 1. The minimum Gasteiger partial charge on any atom is -0.388 e. The van der Waals surface area contributed by atoms with Crippen LogP contribution < -0.4 is 16.6 Å². The Morgan fingerprint density at radius 3 is 2.33 bits per heavy atom. The number of hydrogen-bond donors (Lipinski definition) is 7. The van der Waals surface area contributed by atoms with Gasteiger partial charge < -0.3 is 34.7 Å². The second-order valence-electron chi connectivity index (χ2n) is 6.27. The summed E-state index contributed by atoms with van der Waals surface area (Å²) in [5, 5.41) is 13.2. The van der Waals surface area contributed by atoms with Crippen molar-refractivity contribution >= 4 is 23.5 Å². The number of rotatable bonds is 8. The molecule has 2 fully saturated rings. The van der Waals surface area contributed by atoms with Gasteiger partial charge in [0.15, 0.2) is 6.23 Å². The molecular formula is C10H16N3O14P3. The summed E-state index contributed by atoms with van der Waals surface area (Å²) in [5.41, 5.74) is -2.69. The van der Waals surface area contributed by atoms with Gasteiger partial charge in [-0.05, 0) is 0 Å². The predicted molar refractivity (Wildman–Crippen MR) is 91.8 cm³/mol. The van der Waals surface area contributed by atoms with E-state index in [-0.39, 0.29) is 6.54 Å². The lowest BCUT2D eigenvalue weighted by Crippen LogP contribution is -2.42. The summed E-state index contributed by atoms with van der Waals surface area (Å²) in [6.45, 7) is -0.723. The summed E-state index contributed by atoms with van der Waals surface area (Å²) in [6, 6.07) is 1.03. The van der Waals surface area contributed by atoms with Crippen molar-refractivity contribution in [2.75, 3.05) is 13.2 Å². The van der Waals surface area contributed by atoms with Crippen molar-refractivity contribution in [3.8, 4) is 0 Å². The molecule has 2 aliphatic rings. The van der Waals surface area contributed by atoms with E-state index in [9.17, 15) is 33.3 Å². The van der Waals surface area contributed by atoms with E-state index in [2.05, 4.69) is 18.5 Å². The molecule has 0 saturated carbocycles. The van der Waals surface area contributed by atoms with Crippen molar-refractivity contribution in [2.24, 2.45) is 0 Å². The van der Waals surface area contributed by atoms with Crippen molar-refractivity contribution in [3.63, 3.8) is 0 Å². The molecule has 3 rings (SSSR count). The van der Waals surface area contributed by atoms with Crippen LogP contribution >= 0.6 is 23.5 Å². The molecule has 0 bridgehead atoms. The average molecular weight is 495 g/mol. The minimum atomic E-state index is -5.69. The molecule has 6 atom stereocenters. The van der Waals surface area contributed by atoms with Gasteiger partial charge >= 0.3 is 29.2 Å². The molecule has 2 saturated heterocycles. The zero-order chi connectivity index (χ0) is 22.5. The predicted octanol–water partition coefficient (Wildman–Crippen LogP) is -2.52. The second-order valence-corrected chi connectivity index (χ2v) is 10.7. The quantitative estimate of drug-likeness (QED) is 0.145. The number of aliphatic hydroxyl groups is 1. The summed E-state index contributed by atoms with van der Waals surface area (Å²) >= 11 is 0. The molecule has 0 radical (unpaired) electrons. The van der Waals surface area contributed by atoms with Crippen molar-refractivity contribution in [1.29, 1.82) is 0 Å². The van der Waals surface area contributed by atoms with Crippen molar-refractivity contribution < 1.29 is 56.3 Å². The maximum absolute atomic E-state index is 12.0. The summed E-state index contributed by atoms with van der Waals surface area (Å²) in [7, 11) is -16.6. The number of phosphoric acid groups is 3. The van der Waals surface area contributed by atoms with Crippen molar-refractivity contribution in [2.45, 2.75) is 24.0 Å². The Bertz CT molecular complexity index is 1070. The van der Waals surface area contributed by atoms with E-state index in [0.717, 1.165) is 16.8 Å². The maximum atomic E-state index is 12.0. The lowest BCUT2D eigenvalue weighted by atomic mass is 10.00. The molecule has 1 aromatic rings. The van der Waals surface area contributed by atoms with E-state index in [1.807, 2.05) is 4.98 Å². The van der Waals surface area contributed by atoms with E-state index in [4.69, 9.17) is 19.4 Å². The first-order valence-corrected chi connectivity index (χ1v) is 12.3. The highest BCUT2D eigenvalue weighted by molar-refractivity contribution is 7.66. The van der Waals surface area contributed by atoms with E-state index in [0.29, 0.717) is 0 Å². The van der Waals surface area contributed by atoms with Crippen LogP contribution in [-0.4, -0.2) is 65.1 Å². The number of aliphatic hydroxyl groups excluding tert-OH is 1. The number of H-pyrrole nitrogens is 1. The molecule has 1 aromatic heterocycles. The maximum Gasteiger partial charge on any atom is 0.490 e. The Morgan fingerprint density at radius 2 is 1.80 bits per heavy atom. The Morgan fingerprint density at radius 1 is 1.17 bits per heavy atom. The second kappa shape index (κ2) is 7.83. The number of aromatic nitrogens is 2. The molecule has 1 spiro atoms. The SMILES string of the molecule is O=c1ccn(C2O[C@H](COP(=O)(O)OP(=O)(O)OP(=O)(O)O)C(O)[C@@]23CN3)c(=O)[nH]1. The van der Waals surface area contributed by atoms with Crippen LogP contribution in [0.4, 0.5) is 0 Å². The number of aromatic amines is 1. The first-order valence-electron chi connectivity index (χ1n) is 7.83. The van der Waals surface area contributed by atoms with Crippen LogP contribution in [0.25, 0.3) is 0 Å². The van der Waals surface area contributed by atoms with Crippen LogP contribution in [0.3, 0.4) is 0 Å². The fourth-order valence-corrected chi connectivity index (χ4v) is 5.88. The Kier molecular flexibility index (Phi) is 6.17. The minimum absolute atomic E-state index is 0.177. The third-order valence-corrected chi connectivity index (χ3v) is 7.93. The van der Waals surface area contributed by atoms with Gasteiger partial charge in [0.2, 0.25) is 0 Å². The van der Waals surface area contributed by atoms with Gasteiger partial charge in [-0.1, -0.05) is 0 Å². The number of ether oxygens (including phenoxy) is 1. The van der Waals surface area contributed by atoms with Gasteiger partial charge in [-0.3, -0.25) is 18.9 Å². The van der Waals surface area contributed by atoms with Gasteiger partial charge in [-0.25, -0.2) is 18.5 Å². The molecule has 30 heavy (non-hydrogen) atoms. The first kappa shape index (κ1) is 23.6. The zero-order valence-corrected chi connectivity index (χ0v) is 17.2. The fourth-order valence-electron chi connectivity index (χ4n) is 2.85. The molecule has 3 heterocycles. The molecule has 7 N–H and O–H groups in total. The van der Waals surface area contributed by atoms with Crippen molar-refractivity contribution in [3.05, 3.63) is 33.1 Å². The molecule has 0 amide bonds.